The number of rotatable bonds is 1. The first-order valence-corrected chi connectivity index (χ1v) is 5.05. The standard InChI is InChI=1S/C11H12F3NO/c12-11(13,14)9-6-10(15(16)7-9)8-4-2-1-3-5-8/h1-5,9-10,16H,6-7H2/t9-,10-/m1/s1. The molecular weight excluding hydrogens is 219 g/mol. The average molecular weight is 231 g/mol. The Balaban J connectivity index is 2.15. The number of benzene rings is 1. The molecule has 0 spiro atoms. The van der Waals surface area contributed by atoms with Crippen LogP contribution in [0.25, 0.3) is 0 Å². The molecule has 0 amide bonds. The molecule has 0 saturated carbocycles. The van der Waals surface area contributed by atoms with Crippen LogP contribution < -0.4 is 0 Å². The zero-order valence-corrected chi connectivity index (χ0v) is 8.48. The molecule has 0 bridgehead atoms. The molecule has 88 valence electrons. The number of hydrogen-bond acceptors (Lipinski definition) is 2. The Morgan fingerprint density at radius 1 is 1.19 bits per heavy atom. The summed E-state index contributed by atoms with van der Waals surface area (Å²) in [5.74, 6) is -1.44. The van der Waals surface area contributed by atoms with Gasteiger partial charge in [-0.15, -0.1) is 0 Å². The first kappa shape index (κ1) is 11.4. The Morgan fingerprint density at radius 2 is 1.81 bits per heavy atom. The molecule has 0 aliphatic carbocycles. The monoisotopic (exact) mass is 231 g/mol. The largest absolute Gasteiger partial charge is 0.393 e. The van der Waals surface area contributed by atoms with Gasteiger partial charge in [0.15, 0.2) is 0 Å². The van der Waals surface area contributed by atoms with Crippen molar-refractivity contribution in [2.75, 3.05) is 6.54 Å². The quantitative estimate of drug-likeness (QED) is 0.803. The van der Waals surface area contributed by atoms with Gasteiger partial charge < -0.3 is 5.21 Å². The summed E-state index contributed by atoms with van der Waals surface area (Å²) in [6, 6.07) is 8.21. The third-order valence-electron chi connectivity index (χ3n) is 2.92. The summed E-state index contributed by atoms with van der Waals surface area (Å²) in [5.41, 5.74) is 0.719. The van der Waals surface area contributed by atoms with Gasteiger partial charge in [-0.1, -0.05) is 30.3 Å². The van der Waals surface area contributed by atoms with Crippen molar-refractivity contribution in [3.63, 3.8) is 0 Å². The van der Waals surface area contributed by atoms with Crippen molar-refractivity contribution < 1.29 is 18.4 Å². The molecule has 1 fully saturated rings. The highest BCUT2D eigenvalue weighted by molar-refractivity contribution is 5.19. The lowest BCUT2D eigenvalue weighted by molar-refractivity contribution is -0.180. The summed E-state index contributed by atoms with van der Waals surface area (Å²) in [5, 5.41) is 10.3. The van der Waals surface area contributed by atoms with Crippen LogP contribution in [0.3, 0.4) is 0 Å². The van der Waals surface area contributed by atoms with Gasteiger partial charge >= 0.3 is 6.18 Å². The number of halogens is 3. The average Bonchev–Trinajstić information content (AvgIpc) is 2.61. The minimum Gasteiger partial charge on any atom is -0.313 e. The maximum absolute atomic E-state index is 12.5. The lowest BCUT2D eigenvalue weighted by atomic mass is 10.00. The van der Waals surface area contributed by atoms with Gasteiger partial charge in [0.05, 0.1) is 12.0 Å². The van der Waals surface area contributed by atoms with Gasteiger partial charge in [0.25, 0.3) is 0 Å². The van der Waals surface area contributed by atoms with Gasteiger partial charge in [0, 0.05) is 6.54 Å². The van der Waals surface area contributed by atoms with E-state index in [1.165, 1.54) is 0 Å². The molecule has 1 aromatic rings. The normalized spacial score (nSPS) is 27.2. The topological polar surface area (TPSA) is 23.5 Å². The van der Waals surface area contributed by atoms with Crippen molar-refractivity contribution in [2.45, 2.75) is 18.6 Å². The van der Waals surface area contributed by atoms with Crippen molar-refractivity contribution in [2.24, 2.45) is 5.92 Å². The third kappa shape index (κ3) is 2.20. The highest BCUT2D eigenvalue weighted by Crippen LogP contribution is 2.41. The van der Waals surface area contributed by atoms with Gasteiger partial charge in [-0.05, 0) is 12.0 Å². The van der Waals surface area contributed by atoms with Crippen LogP contribution in [0.2, 0.25) is 0 Å². The summed E-state index contributed by atoms with van der Waals surface area (Å²) in [6.07, 6.45) is -4.31. The van der Waals surface area contributed by atoms with E-state index < -0.39 is 18.1 Å². The fourth-order valence-electron chi connectivity index (χ4n) is 2.04. The van der Waals surface area contributed by atoms with E-state index in [4.69, 9.17) is 0 Å². The van der Waals surface area contributed by atoms with Gasteiger partial charge in [-0.3, -0.25) is 0 Å². The summed E-state index contributed by atoms with van der Waals surface area (Å²) in [4.78, 5) is 0. The SMILES string of the molecule is ON1C[C@H](C(F)(F)F)C[C@@H]1c1ccccc1. The summed E-state index contributed by atoms with van der Waals surface area (Å²) >= 11 is 0. The molecule has 1 aromatic carbocycles. The molecule has 2 rings (SSSR count). The molecule has 1 saturated heterocycles. The van der Waals surface area contributed by atoms with Gasteiger partial charge in [0.2, 0.25) is 0 Å². The predicted molar refractivity (Wildman–Crippen MR) is 51.8 cm³/mol. The van der Waals surface area contributed by atoms with Crippen molar-refractivity contribution in [1.29, 1.82) is 0 Å². The summed E-state index contributed by atoms with van der Waals surface area (Å²) < 4.78 is 37.5. The van der Waals surface area contributed by atoms with E-state index in [0.717, 1.165) is 10.6 Å². The van der Waals surface area contributed by atoms with Crippen LogP contribution in [-0.2, 0) is 0 Å². The molecular formula is C11H12F3NO. The summed E-state index contributed by atoms with van der Waals surface area (Å²) in [6.45, 7) is -0.344. The number of hydroxylamine groups is 2. The van der Waals surface area contributed by atoms with Gasteiger partial charge in [-0.2, -0.15) is 18.2 Å². The lowest BCUT2D eigenvalue weighted by Gasteiger charge is -2.17. The predicted octanol–water partition coefficient (Wildman–Crippen LogP) is 3.00. The molecule has 16 heavy (non-hydrogen) atoms. The van der Waals surface area contributed by atoms with Crippen LogP contribution in [0.1, 0.15) is 18.0 Å². The first-order valence-electron chi connectivity index (χ1n) is 5.05. The zero-order valence-electron chi connectivity index (χ0n) is 8.48. The van der Waals surface area contributed by atoms with Crippen LogP contribution in [-0.4, -0.2) is 23.0 Å². The van der Waals surface area contributed by atoms with Crippen LogP contribution in [0.5, 0.6) is 0 Å². The summed E-state index contributed by atoms with van der Waals surface area (Å²) in [7, 11) is 0. The van der Waals surface area contributed by atoms with E-state index in [1.807, 2.05) is 0 Å². The van der Waals surface area contributed by atoms with Crippen molar-refractivity contribution in [3.8, 4) is 0 Å². The molecule has 0 unspecified atom stereocenters. The molecule has 2 nitrogen and oxygen atoms in total. The lowest BCUT2D eigenvalue weighted by Crippen LogP contribution is -2.26. The molecule has 1 N–H and O–H groups in total. The van der Waals surface area contributed by atoms with Crippen LogP contribution in [0.4, 0.5) is 13.2 Å². The van der Waals surface area contributed by atoms with Gasteiger partial charge in [0.1, 0.15) is 0 Å². The zero-order chi connectivity index (χ0) is 11.8. The minimum atomic E-state index is -4.23. The molecule has 0 aromatic heterocycles. The highest BCUT2D eigenvalue weighted by atomic mass is 19.4. The Bertz CT molecular complexity index is 352. The smallest absolute Gasteiger partial charge is 0.313 e. The van der Waals surface area contributed by atoms with Crippen LogP contribution in [0, 0.1) is 5.92 Å². The minimum absolute atomic E-state index is 0.0794. The third-order valence-corrected chi connectivity index (χ3v) is 2.92. The van der Waals surface area contributed by atoms with Crippen LogP contribution in [0.15, 0.2) is 30.3 Å². The fourth-order valence-corrected chi connectivity index (χ4v) is 2.04. The van der Waals surface area contributed by atoms with E-state index in [1.54, 1.807) is 30.3 Å². The molecule has 1 aliphatic rings. The van der Waals surface area contributed by atoms with E-state index in [-0.39, 0.29) is 13.0 Å². The number of alkyl halides is 3. The van der Waals surface area contributed by atoms with Crippen LogP contribution >= 0.6 is 0 Å². The van der Waals surface area contributed by atoms with Gasteiger partial charge in [-0.25, -0.2) is 0 Å². The van der Waals surface area contributed by atoms with Crippen molar-refractivity contribution in [1.82, 2.24) is 5.06 Å². The molecule has 0 radical (unpaired) electrons. The fraction of sp³-hybridized carbons (Fsp3) is 0.455. The maximum atomic E-state index is 12.5. The molecule has 5 heteroatoms. The van der Waals surface area contributed by atoms with Crippen molar-refractivity contribution >= 4 is 0 Å². The highest BCUT2D eigenvalue weighted by Gasteiger charge is 2.47. The Morgan fingerprint density at radius 3 is 2.31 bits per heavy atom. The Labute approximate surface area is 91.3 Å². The molecule has 1 aliphatic heterocycles. The maximum Gasteiger partial charge on any atom is 0.393 e. The Hall–Kier alpha value is -1.07. The van der Waals surface area contributed by atoms with E-state index >= 15 is 0 Å². The second-order valence-corrected chi connectivity index (χ2v) is 4.02. The van der Waals surface area contributed by atoms with E-state index in [9.17, 15) is 18.4 Å². The number of hydrogen-bond donors (Lipinski definition) is 1. The van der Waals surface area contributed by atoms with E-state index in [0.29, 0.717) is 0 Å². The second kappa shape index (κ2) is 4.07. The Kier molecular flexibility index (Phi) is 2.90. The van der Waals surface area contributed by atoms with Crippen molar-refractivity contribution in [3.05, 3.63) is 35.9 Å². The molecule has 1 heterocycles. The first-order chi connectivity index (χ1) is 7.48. The van der Waals surface area contributed by atoms with E-state index in [2.05, 4.69) is 0 Å². The molecule has 2 atom stereocenters. The number of nitrogens with zero attached hydrogens (tertiary/aromatic N) is 1. The second-order valence-electron chi connectivity index (χ2n) is 4.02.